The molecule has 0 fully saturated rings. The Hall–Kier alpha value is -4.42. The molecular weight excluding hydrogens is 455 g/mol. The van der Waals surface area contributed by atoms with E-state index in [9.17, 15) is 18.0 Å². The molecule has 0 spiro atoms. The minimum atomic E-state index is -5.08. The first-order valence-electron chi connectivity index (χ1n) is 9.76. The van der Waals surface area contributed by atoms with Crippen molar-refractivity contribution >= 4 is 34.5 Å². The highest BCUT2D eigenvalue weighted by atomic mass is 19.4. The van der Waals surface area contributed by atoms with Gasteiger partial charge in [0.1, 0.15) is 0 Å². The molecule has 178 valence electrons. The number of aromatic amines is 2. The van der Waals surface area contributed by atoms with Gasteiger partial charge in [-0.1, -0.05) is 30.3 Å². The van der Waals surface area contributed by atoms with E-state index in [1.807, 2.05) is 62.4 Å². The summed E-state index contributed by atoms with van der Waals surface area (Å²) in [5, 5.41) is 21.3. The van der Waals surface area contributed by atoms with Crippen molar-refractivity contribution in [3.63, 3.8) is 0 Å². The SMILES string of the molecule is CC(C)(Nc1nc(Nc2ccc3[nH]ncc3c2)[nH]c(=O)n1)c1ccccc1.O=C(O)C(F)(F)F. The van der Waals surface area contributed by atoms with Crippen molar-refractivity contribution in [2.75, 3.05) is 10.6 Å². The largest absolute Gasteiger partial charge is 0.490 e. The van der Waals surface area contributed by atoms with Crippen LogP contribution in [0.15, 0.2) is 59.5 Å². The molecule has 4 rings (SSSR count). The zero-order valence-electron chi connectivity index (χ0n) is 17.9. The number of halogens is 3. The highest BCUT2D eigenvalue weighted by molar-refractivity contribution is 5.82. The predicted octanol–water partition coefficient (Wildman–Crippen LogP) is 3.77. The third-order valence-corrected chi connectivity index (χ3v) is 4.52. The molecular formula is C21H20F3N7O3. The van der Waals surface area contributed by atoms with Gasteiger partial charge in [-0.2, -0.15) is 28.2 Å². The van der Waals surface area contributed by atoms with Crippen molar-refractivity contribution in [2.24, 2.45) is 0 Å². The lowest BCUT2D eigenvalue weighted by Crippen LogP contribution is -2.30. The van der Waals surface area contributed by atoms with Crippen LogP contribution < -0.4 is 16.3 Å². The van der Waals surface area contributed by atoms with Gasteiger partial charge < -0.3 is 15.7 Å². The number of fused-ring (bicyclic) bond motifs is 1. The van der Waals surface area contributed by atoms with E-state index in [1.54, 1.807) is 6.20 Å². The van der Waals surface area contributed by atoms with E-state index < -0.39 is 23.4 Å². The van der Waals surface area contributed by atoms with Gasteiger partial charge in [0.15, 0.2) is 0 Å². The number of carboxylic acids is 1. The fourth-order valence-electron chi connectivity index (χ4n) is 2.86. The van der Waals surface area contributed by atoms with Crippen LogP contribution in [0.5, 0.6) is 0 Å². The molecule has 2 heterocycles. The maximum absolute atomic E-state index is 12.0. The average Bonchev–Trinajstić information content (AvgIpc) is 3.21. The van der Waals surface area contributed by atoms with Gasteiger partial charge in [-0.15, -0.1) is 0 Å². The molecule has 5 N–H and O–H groups in total. The Morgan fingerprint density at radius 1 is 1.06 bits per heavy atom. The fourth-order valence-corrected chi connectivity index (χ4v) is 2.86. The normalized spacial score (nSPS) is 11.4. The molecule has 0 amide bonds. The van der Waals surface area contributed by atoms with Gasteiger partial charge in [-0.05, 0) is 37.6 Å². The molecule has 0 radical (unpaired) electrons. The summed E-state index contributed by atoms with van der Waals surface area (Å²) in [6.45, 7) is 4.01. The topological polar surface area (TPSA) is 149 Å². The molecule has 13 heteroatoms. The third-order valence-electron chi connectivity index (χ3n) is 4.52. The van der Waals surface area contributed by atoms with Crippen LogP contribution in [-0.2, 0) is 10.3 Å². The van der Waals surface area contributed by atoms with Gasteiger partial charge in [0.05, 0.1) is 17.3 Å². The minimum Gasteiger partial charge on any atom is -0.475 e. The van der Waals surface area contributed by atoms with E-state index >= 15 is 0 Å². The second-order valence-electron chi connectivity index (χ2n) is 7.54. The molecule has 0 atom stereocenters. The summed E-state index contributed by atoms with van der Waals surface area (Å²) in [5.74, 6) is -2.20. The highest BCUT2D eigenvalue weighted by Crippen LogP contribution is 2.24. The number of rotatable bonds is 5. The number of nitrogens with one attached hydrogen (secondary N) is 4. The standard InChI is InChI=1S/C19H19N7O.C2HF3O2/c1-19(2,13-6-4-3-5-7-13)25-17-22-16(23-18(27)24-17)21-14-8-9-15-12(10-14)11-20-26-15;3-2(4,5)1(6)7/h3-11H,1-2H3,(H,20,26)(H3,21,22,23,24,25,27);(H,6,7). The number of carbonyl (C=O) groups is 1. The van der Waals surface area contributed by atoms with E-state index in [2.05, 4.69) is 35.8 Å². The summed E-state index contributed by atoms with van der Waals surface area (Å²) in [6, 6.07) is 15.6. The molecule has 4 aromatic rings. The van der Waals surface area contributed by atoms with Crippen molar-refractivity contribution < 1.29 is 23.1 Å². The van der Waals surface area contributed by atoms with Crippen LogP contribution >= 0.6 is 0 Å². The Morgan fingerprint density at radius 2 is 1.74 bits per heavy atom. The fraction of sp³-hybridized carbons (Fsp3) is 0.190. The molecule has 0 saturated heterocycles. The van der Waals surface area contributed by atoms with E-state index in [-0.39, 0.29) is 5.95 Å². The number of nitrogens with zero attached hydrogens (tertiary/aromatic N) is 3. The van der Waals surface area contributed by atoms with Gasteiger partial charge in [0.2, 0.25) is 11.9 Å². The molecule has 0 saturated carbocycles. The highest BCUT2D eigenvalue weighted by Gasteiger charge is 2.38. The van der Waals surface area contributed by atoms with Crippen LogP contribution in [0.25, 0.3) is 10.9 Å². The second-order valence-corrected chi connectivity index (χ2v) is 7.54. The van der Waals surface area contributed by atoms with Crippen LogP contribution in [0, 0.1) is 0 Å². The lowest BCUT2D eigenvalue weighted by atomic mass is 9.95. The summed E-state index contributed by atoms with van der Waals surface area (Å²) in [7, 11) is 0. The van der Waals surface area contributed by atoms with Crippen LogP contribution in [0.1, 0.15) is 19.4 Å². The van der Waals surface area contributed by atoms with Gasteiger partial charge >= 0.3 is 17.8 Å². The number of hydrogen-bond acceptors (Lipinski definition) is 7. The van der Waals surface area contributed by atoms with E-state index in [1.165, 1.54) is 0 Å². The molecule has 2 aromatic heterocycles. The first-order chi connectivity index (χ1) is 15.9. The number of anilines is 3. The Morgan fingerprint density at radius 3 is 2.38 bits per heavy atom. The van der Waals surface area contributed by atoms with Crippen molar-refractivity contribution in [3.8, 4) is 0 Å². The van der Waals surface area contributed by atoms with Gasteiger partial charge in [0.25, 0.3) is 0 Å². The van der Waals surface area contributed by atoms with Crippen LogP contribution in [0.4, 0.5) is 30.8 Å². The molecule has 2 aromatic carbocycles. The van der Waals surface area contributed by atoms with Gasteiger partial charge in [0, 0.05) is 11.1 Å². The van der Waals surface area contributed by atoms with Crippen molar-refractivity contribution in [1.29, 1.82) is 0 Å². The molecule has 0 bridgehead atoms. The quantitative estimate of drug-likeness (QED) is 0.293. The van der Waals surface area contributed by atoms with E-state index in [0.29, 0.717) is 5.95 Å². The number of alkyl halides is 3. The molecule has 34 heavy (non-hydrogen) atoms. The first-order valence-corrected chi connectivity index (χ1v) is 9.76. The lowest BCUT2D eigenvalue weighted by Gasteiger charge is -2.26. The molecule has 0 aliphatic carbocycles. The number of hydrogen-bond donors (Lipinski definition) is 5. The molecule has 0 unspecified atom stereocenters. The van der Waals surface area contributed by atoms with Gasteiger partial charge in [-0.3, -0.25) is 10.1 Å². The number of aliphatic carboxylic acids is 1. The number of benzene rings is 2. The Balaban J connectivity index is 0.000000406. The maximum atomic E-state index is 12.0. The monoisotopic (exact) mass is 475 g/mol. The van der Waals surface area contributed by atoms with E-state index in [0.717, 1.165) is 22.2 Å². The summed E-state index contributed by atoms with van der Waals surface area (Å²) in [4.78, 5) is 31.8. The minimum absolute atomic E-state index is 0.250. The number of H-pyrrole nitrogens is 2. The summed E-state index contributed by atoms with van der Waals surface area (Å²) in [5.41, 5.74) is 1.86. The van der Waals surface area contributed by atoms with Crippen LogP contribution in [0.2, 0.25) is 0 Å². The van der Waals surface area contributed by atoms with Gasteiger partial charge in [-0.25, -0.2) is 9.59 Å². The second kappa shape index (κ2) is 9.60. The number of carboxylic acid groups (broad SMARTS) is 1. The Labute approximate surface area is 190 Å². The zero-order valence-corrected chi connectivity index (χ0v) is 17.9. The van der Waals surface area contributed by atoms with E-state index in [4.69, 9.17) is 9.90 Å². The zero-order chi connectivity index (χ0) is 24.9. The molecule has 0 aliphatic heterocycles. The first kappa shape index (κ1) is 24.2. The predicted molar refractivity (Wildman–Crippen MR) is 119 cm³/mol. The Kier molecular flexibility index (Phi) is 6.84. The smallest absolute Gasteiger partial charge is 0.475 e. The lowest BCUT2D eigenvalue weighted by molar-refractivity contribution is -0.192. The van der Waals surface area contributed by atoms with Crippen molar-refractivity contribution in [1.82, 2.24) is 25.1 Å². The molecule has 0 aliphatic rings. The van der Waals surface area contributed by atoms with Crippen molar-refractivity contribution in [3.05, 3.63) is 70.8 Å². The average molecular weight is 475 g/mol. The molecule has 10 nitrogen and oxygen atoms in total. The van der Waals surface area contributed by atoms with Crippen LogP contribution in [0.3, 0.4) is 0 Å². The van der Waals surface area contributed by atoms with Crippen LogP contribution in [-0.4, -0.2) is 42.4 Å². The summed E-state index contributed by atoms with van der Waals surface area (Å²) >= 11 is 0. The maximum Gasteiger partial charge on any atom is 0.490 e. The Bertz CT molecular complexity index is 1330. The summed E-state index contributed by atoms with van der Waals surface area (Å²) < 4.78 is 31.7. The summed E-state index contributed by atoms with van der Waals surface area (Å²) in [6.07, 6.45) is -3.35. The number of aromatic nitrogens is 5. The third kappa shape index (κ3) is 6.31. The van der Waals surface area contributed by atoms with Crippen molar-refractivity contribution in [2.45, 2.75) is 25.6 Å².